The summed E-state index contributed by atoms with van der Waals surface area (Å²) >= 11 is 6.61. The van der Waals surface area contributed by atoms with E-state index >= 15 is 0 Å². The summed E-state index contributed by atoms with van der Waals surface area (Å²) in [5, 5.41) is 0. The summed E-state index contributed by atoms with van der Waals surface area (Å²) in [7, 11) is 0. The van der Waals surface area contributed by atoms with Crippen LogP contribution in [0.1, 0.15) is 21.5 Å². The van der Waals surface area contributed by atoms with Crippen LogP contribution in [0.2, 0.25) is 0 Å². The first-order valence-corrected chi connectivity index (χ1v) is 6.84. The standard InChI is InChI=1S/C14H9Br2FO/c1-8-3-2-4-10(13(8)16)14(18)11-7-9(15)5-6-12(11)17/h2-7H,1H3. The molecule has 2 aromatic rings. The smallest absolute Gasteiger partial charge is 0.197 e. The molecule has 0 N–H and O–H groups in total. The molecule has 18 heavy (non-hydrogen) atoms. The Balaban J connectivity index is 2.55. The van der Waals surface area contributed by atoms with E-state index in [-0.39, 0.29) is 11.3 Å². The van der Waals surface area contributed by atoms with Crippen LogP contribution in [-0.2, 0) is 0 Å². The van der Waals surface area contributed by atoms with E-state index in [1.165, 1.54) is 12.1 Å². The summed E-state index contributed by atoms with van der Waals surface area (Å²) < 4.78 is 15.1. The molecule has 0 bridgehead atoms. The van der Waals surface area contributed by atoms with Gasteiger partial charge >= 0.3 is 0 Å². The number of aryl methyl sites for hydroxylation is 1. The average Bonchev–Trinajstić information content (AvgIpc) is 2.35. The Kier molecular flexibility index (Phi) is 3.97. The molecule has 0 unspecified atom stereocenters. The van der Waals surface area contributed by atoms with E-state index in [0.717, 1.165) is 5.56 Å². The van der Waals surface area contributed by atoms with Gasteiger partial charge in [0.1, 0.15) is 5.82 Å². The highest BCUT2D eigenvalue weighted by Gasteiger charge is 2.17. The first-order valence-electron chi connectivity index (χ1n) is 5.25. The largest absolute Gasteiger partial charge is 0.288 e. The molecule has 0 heterocycles. The van der Waals surface area contributed by atoms with Crippen LogP contribution < -0.4 is 0 Å². The zero-order valence-corrected chi connectivity index (χ0v) is 12.7. The van der Waals surface area contributed by atoms with Gasteiger partial charge in [0, 0.05) is 14.5 Å². The Labute approximate surface area is 121 Å². The van der Waals surface area contributed by atoms with Crippen LogP contribution in [0.15, 0.2) is 45.3 Å². The lowest BCUT2D eigenvalue weighted by atomic mass is 10.0. The number of hydrogen-bond donors (Lipinski definition) is 0. The number of carbonyl (C=O) groups is 1. The van der Waals surface area contributed by atoms with Crippen molar-refractivity contribution >= 4 is 37.6 Å². The predicted octanol–water partition coefficient (Wildman–Crippen LogP) is 4.89. The minimum absolute atomic E-state index is 0.0654. The van der Waals surface area contributed by atoms with Crippen molar-refractivity contribution in [3.8, 4) is 0 Å². The molecule has 0 saturated carbocycles. The number of carbonyl (C=O) groups excluding carboxylic acids is 1. The number of benzene rings is 2. The van der Waals surface area contributed by atoms with E-state index in [1.807, 2.05) is 13.0 Å². The van der Waals surface area contributed by atoms with Crippen LogP contribution >= 0.6 is 31.9 Å². The maximum atomic E-state index is 13.7. The Morgan fingerprint density at radius 2 is 1.83 bits per heavy atom. The maximum absolute atomic E-state index is 13.7. The van der Waals surface area contributed by atoms with Crippen LogP contribution in [0.5, 0.6) is 0 Å². The Bertz CT molecular complexity index is 619. The summed E-state index contributed by atoms with van der Waals surface area (Å²) in [6.07, 6.45) is 0. The average molecular weight is 372 g/mol. The molecule has 0 saturated heterocycles. The molecule has 0 spiro atoms. The van der Waals surface area contributed by atoms with Crippen LogP contribution in [-0.4, -0.2) is 5.78 Å². The fourth-order valence-electron chi connectivity index (χ4n) is 1.64. The van der Waals surface area contributed by atoms with Gasteiger partial charge in [-0.2, -0.15) is 0 Å². The zero-order valence-electron chi connectivity index (χ0n) is 9.51. The molecule has 0 amide bonds. The van der Waals surface area contributed by atoms with Crippen molar-refractivity contribution in [1.29, 1.82) is 0 Å². The minimum Gasteiger partial charge on any atom is -0.288 e. The van der Waals surface area contributed by atoms with Crippen molar-refractivity contribution in [3.63, 3.8) is 0 Å². The topological polar surface area (TPSA) is 17.1 Å². The molecular weight excluding hydrogens is 363 g/mol. The quantitative estimate of drug-likeness (QED) is 0.687. The first-order chi connectivity index (χ1) is 8.50. The van der Waals surface area contributed by atoms with Crippen molar-refractivity contribution in [1.82, 2.24) is 0 Å². The van der Waals surface area contributed by atoms with E-state index in [4.69, 9.17) is 0 Å². The summed E-state index contributed by atoms with van der Waals surface area (Å²) in [4.78, 5) is 12.3. The molecule has 0 aliphatic rings. The summed E-state index contributed by atoms with van der Waals surface area (Å²) in [6.45, 7) is 1.89. The molecule has 92 valence electrons. The Morgan fingerprint density at radius 3 is 2.56 bits per heavy atom. The highest BCUT2D eigenvalue weighted by atomic mass is 79.9. The van der Waals surface area contributed by atoms with Gasteiger partial charge < -0.3 is 0 Å². The predicted molar refractivity (Wildman–Crippen MR) is 76.4 cm³/mol. The second-order valence-electron chi connectivity index (χ2n) is 3.89. The monoisotopic (exact) mass is 370 g/mol. The number of halogens is 3. The van der Waals surface area contributed by atoms with Gasteiger partial charge in [0.25, 0.3) is 0 Å². The van der Waals surface area contributed by atoms with Gasteiger partial charge in [-0.05, 0) is 52.7 Å². The molecule has 0 aromatic heterocycles. The summed E-state index contributed by atoms with van der Waals surface area (Å²) in [5.74, 6) is -0.846. The molecule has 4 heteroatoms. The lowest BCUT2D eigenvalue weighted by Gasteiger charge is -2.07. The Morgan fingerprint density at radius 1 is 1.11 bits per heavy atom. The number of ketones is 1. The Hall–Kier alpha value is -1.000. The van der Waals surface area contributed by atoms with Crippen LogP contribution in [0, 0.1) is 12.7 Å². The first kappa shape index (κ1) is 13.4. The SMILES string of the molecule is Cc1cccc(C(=O)c2cc(Br)ccc2F)c1Br. The van der Waals surface area contributed by atoms with Gasteiger partial charge in [-0.3, -0.25) is 4.79 Å². The van der Waals surface area contributed by atoms with E-state index in [0.29, 0.717) is 14.5 Å². The molecule has 0 fully saturated rings. The van der Waals surface area contributed by atoms with Crippen LogP contribution in [0.3, 0.4) is 0 Å². The van der Waals surface area contributed by atoms with Crippen LogP contribution in [0.4, 0.5) is 4.39 Å². The molecular formula is C14H9Br2FO. The van der Waals surface area contributed by atoms with Gasteiger partial charge in [-0.1, -0.05) is 28.1 Å². The third-order valence-corrected chi connectivity index (χ3v) is 4.16. The van der Waals surface area contributed by atoms with Crippen molar-refractivity contribution in [2.45, 2.75) is 6.92 Å². The van der Waals surface area contributed by atoms with Gasteiger partial charge in [-0.15, -0.1) is 0 Å². The van der Waals surface area contributed by atoms with Crippen molar-refractivity contribution in [3.05, 3.63) is 67.9 Å². The van der Waals surface area contributed by atoms with Gasteiger partial charge in [0.15, 0.2) is 5.78 Å². The van der Waals surface area contributed by atoms with Crippen LogP contribution in [0.25, 0.3) is 0 Å². The normalized spacial score (nSPS) is 10.4. The highest BCUT2D eigenvalue weighted by molar-refractivity contribution is 9.10. The lowest BCUT2D eigenvalue weighted by Crippen LogP contribution is -2.05. The fraction of sp³-hybridized carbons (Fsp3) is 0.0714. The third kappa shape index (κ3) is 2.54. The zero-order chi connectivity index (χ0) is 13.3. The van der Waals surface area contributed by atoms with Gasteiger partial charge in [0.2, 0.25) is 0 Å². The second kappa shape index (κ2) is 5.33. The summed E-state index contributed by atoms with van der Waals surface area (Å²) in [5.41, 5.74) is 1.47. The van der Waals surface area contributed by atoms with E-state index in [1.54, 1.807) is 18.2 Å². The third-order valence-electron chi connectivity index (χ3n) is 2.61. The molecule has 0 aliphatic carbocycles. The fourth-order valence-corrected chi connectivity index (χ4v) is 2.44. The van der Waals surface area contributed by atoms with Gasteiger partial charge in [-0.25, -0.2) is 4.39 Å². The number of rotatable bonds is 2. The maximum Gasteiger partial charge on any atom is 0.197 e. The molecule has 0 radical (unpaired) electrons. The number of hydrogen-bond acceptors (Lipinski definition) is 1. The molecule has 1 nitrogen and oxygen atoms in total. The van der Waals surface area contributed by atoms with E-state index < -0.39 is 5.82 Å². The van der Waals surface area contributed by atoms with E-state index in [2.05, 4.69) is 31.9 Å². The van der Waals surface area contributed by atoms with Gasteiger partial charge in [0.05, 0.1) is 5.56 Å². The second-order valence-corrected chi connectivity index (χ2v) is 5.60. The van der Waals surface area contributed by atoms with E-state index in [9.17, 15) is 9.18 Å². The van der Waals surface area contributed by atoms with Crippen molar-refractivity contribution < 1.29 is 9.18 Å². The summed E-state index contributed by atoms with van der Waals surface area (Å²) in [6, 6.07) is 9.69. The molecule has 2 rings (SSSR count). The minimum atomic E-state index is -0.517. The highest BCUT2D eigenvalue weighted by Crippen LogP contribution is 2.25. The lowest BCUT2D eigenvalue weighted by molar-refractivity contribution is 0.103. The molecule has 2 aromatic carbocycles. The van der Waals surface area contributed by atoms with Crippen molar-refractivity contribution in [2.75, 3.05) is 0 Å². The van der Waals surface area contributed by atoms with Crippen molar-refractivity contribution in [2.24, 2.45) is 0 Å². The molecule has 0 atom stereocenters. The molecule has 0 aliphatic heterocycles.